The molecule has 0 unspecified atom stereocenters. The molecule has 4 aromatic rings. The lowest BCUT2D eigenvalue weighted by molar-refractivity contribution is 0.474. The molecule has 0 bridgehead atoms. The lowest BCUT2D eigenvalue weighted by atomic mass is 9.91. The topological polar surface area (TPSA) is 9.23 Å². The third-order valence-corrected chi connectivity index (χ3v) is 4.70. The molecule has 118 valence electrons. The third-order valence-electron chi connectivity index (χ3n) is 4.70. The van der Waals surface area contributed by atoms with Gasteiger partial charge in [-0.1, -0.05) is 78.9 Å². The zero-order valence-corrected chi connectivity index (χ0v) is 13.6. The molecule has 0 amide bonds. The van der Waals surface area contributed by atoms with Crippen LogP contribution in [-0.2, 0) is 0 Å². The van der Waals surface area contributed by atoms with Crippen molar-refractivity contribution < 1.29 is 4.74 Å². The van der Waals surface area contributed by atoms with Crippen LogP contribution in [0.15, 0.2) is 91.0 Å². The van der Waals surface area contributed by atoms with Crippen LogP contribution in [0, 0.1) is 0 Å². The monoisotopic (exact) mass is 320 g/mol. The standard InChI is InChI=1S/C24H16O/c1-2-11-19-17(8-1)9-7-10-18(19)16-22-20-12-3-5-14-23(20)25-24-15-6-4-13-21(22)24/h1-16H. The second-order valence-corrected chi connectivity index (χ2v) is 6.22. The van der Waals surface area contributed by atoms with Gasteiger partial charge in [0.25, 0.3) is 0 Å². The van der Waals surface area contributed by atoms with Crippen LogP contribution in [0.2, 0.25) is 0 Å². The Balaban J connectivity index is 1.80. The Kier molecular flexibility index (Phi) is 3.17. The van der Waals surface area contributed by atoms with E-state index in [1.165, 1.54) is 21.9 Å². The first-order valence-corrected chi connectivity index (χ1v) is 8.46. The number of benzene rings is 4. The van der Waals surface area contributed by atoms with Crippen molar-refractivity contribution in [3.63, 3.8) is 0 Å². The normalized spacial score (nSPS) is 12.2. The summed E-state index contributed by atoms with van der Waals surface area (Å²) in [7, 11) is 0. The second-order valence-electron chi connectivity index (χ2n) is 6.22. The van der Waals surface area contributed by atoms with Crippen LogP contribution in [0.4, 0.5) is 0 Å². The Labute approximate surface area is 146 Å². The first-order chi connectivity index (χ1) is 12.4. The second kappa shape index (κ2) is 5.64. The minimum Gasteiger partial charge on any atom is -0.456 e. The van der Waals surface area contributed by atoms with E-state index in [0.29, 0.717) is 0 Å². The van der Waals surface area contributed by atoms with Crippen LogP contribution >= 0.6 is 0 Å². The van der Waals surface area contributed by atoms with Gasteiger partial charge in [-0.05, 0) is 40.1 Å². The molecule has 0 N–H and O–H groups in total. The van der Waals surface area contributed by atoms with E-state index in [1.54, 1.807) is 0 Å². The van der Waals surface area contributed by atoms with Crippen LogP contribution < -0.4 is 4.74 Å². The Bertz CT molecular complexity index is 1070. The van der Waals surface area contributed by atoms with E-state index in [-0.39, 0.29) is 0 Å². The minimum absolute atomic E-state index is 0.910. The summed E-state index contributed by atoms with van der Waals surface area (Å²) in [4.78, 5) is 0. The molecule has 1 heterocycles. The average molecular weight is 320 g/mol. The van der Waals surface area contributed by atoms with Gasteiger partial charge >= 0.3 is 0 Å². The first kappa shape index (κ1) is 14.1. The number of para-hydroxylation sites is 2. The van der Waals surface area contributed by atoms with E-state index in [4.69, 9.17) is 4.74 Å². The Hall–Kier alpha value is -3.32. The molecular formula is C24H16O. The van der Waals surface area contributed by atoms with Crippen molar-refractivity contribution in [1.29, 1.82) is 0 Å². The Morgan fingerprint density at radius 3 is 1.92 bits per heavy atom. The van der Waals surface area contributed by atoms with Gasteiger partial charge in [0, 0.05) is 11.1 Å². The molecule has 0 saturated carbocycles. The number of hydrogen-bond acceptors (Lipinski definition) is 1. The van der Waals surface area contributed by atoms with E-state index < -0.39 is 0 Å². The van der Waals surface area contributed by atoms with Crippen LogP contribution in [0.1, 0.15) is 16.7 Å². The zero-order valence-electron chi connectivity index (χ0n) is 13.6. The number of rotatable bonds is 1. The molecule has 0 spiro atoms. The van der Waals surface area contributed by atoms with Gasteiger partial charge in [-0.25, -0.2) is 0 Å². The van der Waals surface area contributed by atoms with Crippen molar-refractivity contribution in [3.05, 3.63) is 108 Å². The molecule has 1 aliphatic heterocycles. The van der Waals surface area contributed by atoms with Crippen LogP contribution in [-0.4, -0.2) is 0 Å². The highest BCUT2D eigenvalue weighted by Gasteiger charge is 2.21. The summed E-state index contributed by atoms with van der Waals surface area (Å²) < 4.78 is 6.09. The maximum Gasteiger partial charge on any atom is 0.135 e. The average Bonchev–Trinajstić information content (AvgIpc) is 2.68. The summed E-state index contributed by atoms with van der Waals surface area (Å²) >= 11 is 0. The zero-order chi connectivity index (χ0) is 16.6. The predicted molar refractivity (Wildman–Crippen MR) is 104 cm³/mol. The predicted octanol–water partition coefficient (Wildman–Crippen LogP) is 6.53. The summed E-state index contributed by atoms with van der Waals surface area (Å²) in [6.07, 6.45) is 2.28. The van der Waals surface area contributed by atoms with Crippen molar-refractivity contribution in [2.45, 2.75) is 0 Å². The fraction of sp³-hybridized carbons (Fsp3) is 0. The minimum atomic E-state index is 0.910. The third kappa shape index (κ3) is 2.33. The molecule has 5 rings (SSSR count). The van der Waals surface area contributed by atoms with Crippen molar-refractivity contribution in [2.75, 3.05) is 0 Å². The van der Waals surface area contributed by atoms with E-state index in [0.717, 1.165) is 22.6 Å². The molecule has 0 aromatic heterocycles. The maximum absolute atomic E-state index is 6.09. The number of hydrogen-bond donors (Lipinski definition) is 0. The van der Waals surface area contributed by atoms with Gasteiger partial charge in [0.2, 0.25) is 0 Å². The van der Waals surface area contributed by atoms with E-state index >= 15 is 0 Å². The molecular weight excluding hydrogens is 304 g/mol. The van der Waals surface area contributed by atoms with Crippen molar-refractivity contribution in [1.82, 2.24) is 0 Å². The number of ether oxygens (including phenoxy) is 1. The first-order valence-electron chi connectivity index (χ1n) is 8.46. The van der Waals surface area contributed by atoms with Gasteiger partial charge in [0.1, 0.15) is 11.5 Å². The van der Waals surface area contributed by atoms with E-state index in [1.807, 2.05) is 24.3 Å². The molecule has 1 aliphatic rings. The van der Waals surface area contributed by atoms with Crippen molar-refractivity contribution >= 4 is 22.4 Å². The van der Waals surface area contributed by atoms with E-state index in [2.05, 4.69) is 72.8 Å². The van der Waals surface area contributed by atoms with Gasteiger partial charge < -0.3 is 4.74 Å². The largest absolute Gasteiger partial charge is 0.456 e. The lowest BCUT2D eigenvalue weighted by Crippen LogP contribution is -2.02. The van der Waals surface area contributed by atoms with E-state index in [9.17, 15) is 0 Å². The molecule has 0 saturated heterocycles. The summed E-state index contributed by atoms with van der Waals surface area (Å²) in [5, 5.41) is 2.52. The Morgan fingerprint density at radius 1 is 0.560 bits per heavy atom. The van der Waals surface area contributed by atoms with Crippen LogP contribution in [0.25, 0.3) is 22.4 Å². The molecule has 0 atom stereocenters. The summed E-state index contributed by atoms with van der Waals surface area (Å²) in [5.74, 6) is 1.82. The van der Waals surface area contributed by atoms with Gasteiger partial charge in [-0.3, -0.25) is 0 Å². The van der Waals surface area contributed by atoms with Crippen LogP contribution in [0.5, 0.6) is 11.5 Å². The quantitative estimate of drug-likeness (QED) is 0.341. The highest BCUT2D eigenvalue weighted by Crippen LogP contribution is 2.44. The molecule has 0 radical (unpaired) electrons. The van der Waals surface area contributed by atoms with Gasteiger partial charge in [0.05, 0.1) is 0 Å². The van der Waals surface area contributed by atoms with Crippen molar-refractivity contribution in [2.24, 2.45) is 0 Å². The van der Waals surface area contributed by atoms with Gasteiger partial charge in [0.15, 0.2) is 0 Å². The highest BCUT2D eigenvalue weighted by atomic mass is 16.5. The highest BCUT2D eigenvalue weighted by molar-refractivity contribution is 6.01. The fourth-order valence-corrected chi connectivity index (χ4v) is 3.51. The number of fused-ring (bicyclic) bond motifs is 3. The van der Waals surface area contributed by atoms with Gasteiger partial charge in [-0.15, -0.1) is 0 Å². The summed E-state index contributed by atoms with van der Waals surface area (Å²) in [5.41, 5.74) is 4.69. The molecule has 0 fully saturated rings. The maximum atomic E-state index is 6.09. The summed E-state index contributed by atoms with van der Waals surface area (Å²) in [6, 6.07) is 31.4. The molecule has 4 aromatic carbocycles. The Morgan fingerprint density at radius 2 is 1.16 bits per heavy atom. The smallest absolute Gasteiger partial charge is 0.135 e. The van der Waals surface area contributed by atoms with Gasteiger partial charge in [-0.2, -0.15) is 0 Å². The SMILES string of the molecule is C(=C1c2ccccc2Oc2ccccc21)c1cccc2ccccc12. The molecule has 1 heteroatoms. The molecule has 1 nitrogen and oxygen atoms in total. The lowest BCUT2D eigenvalue weighted by Gasteiger charge is -2.23. The molecule has 25 heavy (non-hydrogen) atoms. The molecule has 0 aliphatic carbocycles. The van der Waals surface area contributed by atoms with Crippen molar-refractivity contribution in [3.8, 4) is 11.5 Å². The fourth-order valence-electron chi connectivity index (χ4n) is 3.51. The summed E-state index contributed by atoms with van der Waals surface area (Å²) in [6.45, 7) is 0. The van der Waals surface area contributed by atoms with Crippen LogP contribution in [0.3, 0.4) is 0 Å².